The van der Waals surface area contributed by atoms with Gasteiger partial charge in [-0.15, -0.1) is 0 Å². The Morgan fingerprint density at radius 2 is 1.62 bits per heavy atom. The third kappa shape index (κ3) is 8.05. The number of halogens is 3. The van der Waals surface area contributed by atoms with Gasteiger partial charge in [-0.2, -0.15) is 0 Å². The molecule has 2 aromatic carbocycles. The highest BCUT2D eigenvalue weighted by atomic mass is 35.5. The molecule has 0 aliphatic rings. The predicted octanol–water partition coefficient (Wildman–Crippen LogP) is 4.74. The van der Waals surface area contributed by atoms with Gasteiger partial charge in [0.2, 0.25) is 21.8 Å². The van der Waals surface area contributed by atoms with Gasteiger partial charge in [0.25, 0.3) is 0 Å². The zero-order chi connectivity index (χ0) is 25.6. The Morgan fingerprint density at radius 1 is 1.00 bits per heavy atom. The highest BCUT2D eigenvalue weighted by molar-refractivity contribution is 7.92. The Labute approximate surface area is 216 Å². The number of nitrogens with zero attached hydrogens (tertiary/aromatic N) is 2. The van der Waals surface area contributed by atoms with Crippen LogP contribution in [0.1, 0.15) is 32.8 Å². The average molecular weight is 549 g/mol. The zero-order valence-electron chi connectivity index (χ0n) is 19.4. The number of carbonyl (C=O) groups excluding carboxylic acids is 2. The summed E-state index contributed by atoms with van der Waals surface area (Å²) in [4.78, 5) is 27.7. The lowest BCUT2D eigenvalue weighted by Crippen LogP contribution is -2.52. The number of benzene rings is 2. The molecule has 2 amide bonds. The molecule has 186 valence electrons. The van der Waals surface area contributed by atoms with E-state index in [1.807, 2.05) is 13.8 Å². The fraction of sp³-hybridized carbons (Fsp3) is 0.391. The molecular weight excluding hydrogens is 521 g/mol. The predicted molar refractivity (Wildman–Crippen MR) is 138 cm³/mol. The molecule has 0 bridgehead atoms. The van der Waals surface area contributed by atoms with E-state index >= 15 is 0 Å². The third-order valence-corrected chi connectivity index (χ3v) is 7.04. The molecule has 0 saturated heterocycles. The molecule has 0 radical (unpaired) electrons. The maximum Gasteiger partial charge on any atom is 0.244 e. The summed E-state index contributed by atoms with van der Waals surface area (Å²) in [5, 5.41) is 3.79. The monoisotopic (exact) mass is 547 g/mol. The topological polar surface area (TPSA) is 86.8 Å². The molecule has 0 spiro atoms. The van der Waals surface area contributed by atoms with Gasteiger partial charge in [-0.3, -0.25) is 13.9 Å². The second kappa shape index (κ2) is 12.1. The van der Waals surface area contributed by atoms with Crippen LogP contribution < -0.4 is 9.62 Å². The molecule has 0 aliphatic heterocycles. The minimum atomic E-state index is -3.88. The maximum atomic E-state index is 13.5. The van der Waals surface area contributed by atoms with Crippen molar-refractivity contribution in [2.45, 2.75) is 45.8 Å². The first kappa shape index (κ1) is 28.2. The second-order valence-electron chi connectivity index (χ2n) is 8.04. The van der Waals surface area contributed by atoms with Crippen molar-refractivity contribution in [2.24, 2.45) is 0 Å². The summed E-state index contributed by atoms with van der Waals surface area (Å²) < 4.78 is 26.1. The van der Waals surface area contributed by atoms with Crippen LogP contribution in [0.4, 0.5) is 5.69 Å². The molecule has 11 heteroatoms. The summed E-state index contributed by atoms with van der Waals surface area (Å²) in [6, 6.07) is 10.2. The van der Waals surface area contributed by atoms with Crippen molar-refractivity contribution in [3.63, 3.8) is 0 Å². The van der Waals surface area contributed by atoms with Crippen molar-refractivity contribution in [1.82, 2.24) is 10.2 Å². The number of nitrogens with one attached hydrogen (secondary N) is 1. The summed E-state index contributed by atoms with van der Waals surface area (Å²) in [6.45, 7) is 4.91. The van der Waals surface area contributed by atoms with Crippen molar-refractivity contribution >= 4 is 62.3 Å². The van der Waals surface area contributed by atoms with Crippen LogP contribution in [0.25, 0.3) is 0 Å². The lowest BCUT2D eigenvalue weighted by Gasteiger charge is -2.32. The highest BCUT2D eigenvalue weighted by Gasteiger charge is 2.30. The fourth-order valence-electron chi connectivity index (χ4n) is 3.18. The smallest absolute Gasteiger partial charge is 0.244 e. The highest BCUT2D eigenvalue weighted by Crippen LogP contribution is 2.27. The summed E-state index contributed by atoms with van der Waals surface area (Å²) in [5.41, 5.74) is 0.841. The van der Waals surface area contributed by atoms with Gasteiger partial charge in [-0.05, 0) is 56.2 Å². The van der Waals surface area contributed by atoms with Crippen LogP contribution in [0.5, 0.6) is 0 Å². The Bertz CT molecular complexity index is 1120. The van der Waals surface area contributed by atoms with Gasteiger partial charge < -0.3 is 10.2 Å². The molecule has 0 aromatic heterocycles. The number of hydrogen-bond acceptors (Lipinski definition) is 4. The standard InChI is InChI=1S/C23H28Cl3N3O4S/c1-5-15(2)27-23(31)16(3)28(13-17-7-6-8-18(24)9-17)22(30)14-29(34(4,32)33)21-11-19(25)10-20(26)12-21/h6-12,15-16H,5,13-14H2,1-4H3,(H,27,31)/t15-,16-/m0/s1. The van der Waals surface area contributed by atoms with Crippen LogP contribution in [-0.2, 0) is 26.2 Å². The van der Waals surface area contributed by atoms with Gasteiger partial charge in [-0.25, -0.2) is 8.42 Å². The SMILES string of the molecule is CC[C@H](C)NC(=O)[C@H](C)N(Cc1cccc(Cl)c1)C(=O)CN(c1cc(Cl)cc(Cl)c1)S(C)(=O)=O. The van der Waals surface area contributed by atoms with Crippen LogP contribution in [-0.4, -0.2) is 50.0 Å². The summed E-state index contributed by atoms with van der Waals surface area (Å²) in [6.07, 6.45) is 1.70. The van der Waals surface area contributed by atoms with Crippen LogP contribution in [0.3, 0.4) is 0 Å². The minimum absolute atomic E-state index is 0.0579. The Balaban J connectivity index is 2.42. The third-order valence-electron chi connectivity index (χ3n) is 5.22. The molecular formula is C23H28Cl3N3O4S. The number of hydrogen-bond donors (Lipinski definition) is 1. The number of anilines is 1. The fourth-order valence-corrected chi connectivity index (χ4v) is 4.74. The van der Waals surface area contributed by atoms with Crippen LogP contribution in [0.2, 0.25) is 15.1 Å². The van der Waals surface area contributed by atoms with Crippen molar-refractivity contribution in [2.75, 3.05) is 17.1 Å². The Morgan fingerprint density at radius 3 is 2.15 bits per heavy atom. The van der Waals surface area contributed by atoms with E-state index < -0.39 is 28.5 Å². The van der Waals surface area contributed by atoms with E-state index in [9.17, 15) is 18.0 Å². The molecule has 0 saturated carbocycles. The average Bonchev–Trinajstić information content (AvgIpc) is 2.73. The van der Waals surface area contributed by atoms with Crippen LogP contribution >= 0.6 is 34.8 Å². The van der Waals surface area contributed by atoms with Gasteiger partial charge in [0.15, 0.2) is 0 Å². The molecule has 2 rings (SSSR count). The van der Waals surface area contributed by atoms with Crippen LogP contribution in [0, 0.1) is 0 Å². The van der Waals surface area contributed by atoms with E-state index in [0.717, 1.165) is 17.0 Å². The minimum Gasteiger partial charge on any atom is -0.352 e. The van der Waals surface area contributed by atoms with E-state index in [2.05, 4.69) is 5.32 Å². The lowest BCUT2D eigenvalue weighted by atomic mass is 10.1. The zero-order valence-corrected chi connectivity index (χ0v) is 22.5. The molecule has 0 fully saturated rings. The Kier molecular flexibility index (Phi) is 10.1. The van der Waals surface area contributed by atoms with E-state index in [-0.39, 0.29) is 34.2 Å². The van der Waals surface area contributed by atoms with Crippen molar-refractivity contribution in [3.05, 3.63) is 63.1 Å². The van der Waals surface area contributed by atoms with Gasteiger partial charge in [0.05, 0.1) is 11.9 Å². The normalized spacial score (nSPS) is 13.1. The number of carbonyl (C=O) groups is 2. The molecule has 0 heterocycles. The van der Waals surface area contributed by atoms with Crippen molar-refractivity contribution < 1.29 is 18.0 Å². The first-order chi connectivity index (χ1) is 15.8. The summed E-state index contributed by atoms with van der Waals surface area (Å²) in [7, 11) is -3.88. The van der Waals surface area contributed by atoms with Gasteiger partial charge >= 0.3 is 0 Å². The maximum absolute atomic E-state index is 13.5. The molecule has 2 aromatic rings. The van der Waals surface area contributed by atoms with Gasteiger partial charge in [0.1, 0.15) is 12.6 Å². The largest absolute Gasteiger partial charge is 0.352 e. The molecule has 7 nitrogen and oxygen atoms in total. The number of amides is 2. The van der Waals surface area contributed by atoms with E-state index in [4.69, 9.17) is 34.8 Å². The first-order valence-corrected chi connectivity index (χ1v) is 13.6. The van der Waals surface area contributed by atoms with E-state index in [0.29, 0.717) is 10.6 Å². The Hall–Kier alpha value is -2.00. The van der Waals surface area contributed by atoms with Crippen LogP contribution in [0.15, 0.2) is 42.5 Å². The van der Waals surface area contributed by atoms with E-state index in [1.54, 1.807) is 31.2 Å². The molecule has 1 N–H and O–H groups in total. The van der Waals surface area contributed by atoms with Crippen molar-refractivity contribution in [3.8, 4) is 0 Å². The van der Waals surface area contributed by atoms with E-state index in [1.165, 1.54) is 23.1 Å². The summed E-state index contributed by atoms with van der Waals surface area (Å²) in [5.74, 6) is -0.922. The second-order valence-corrected chi connectivity index (χ2v) is 11.3. The molecule has 34 heavy (non-hydrogen) atoms. The molecule has 2 atom stereocenters. The molecule has 0 unspecified atom stereocenters. The van der Waals surface area contributed by atoms with Gasteiger partial charge in [-0.1, -0.05) is 53.9 Å². The quantitative estimate of drug-likeness (QED) is 0.464. The first-order valence-electron chi connectivity index (χ1n) is 10.6. The molecule has 0 aliphatic carbocycles. The number of rotatable bonds is 10. The van der Waals surface area contributed by atoms with Gasteiger partial charge in [0, 0.05) is 27.7 Å². The lowest BCUT2D eigenvalue weighted by molar-refractivity contribution is -0.139. The number of sulfonamides is 1. The van der Waals surface area contributed by atoms with Crippen molar-refractivity contribution in [1.29, 1.82) is 0 Å². The summed E-state index contributed by atoms with van der Waals surface area (Å²) >= 11 is 18.2.